The molecule has 0 saturated carbocycles. The Labute approximate surface area is 169 Å². The Bertz CT molecular complexity index is 1100. The number of hydrogen-bond donors (Lipinski definition) is 0. The van der Waals surface area contributed by atoms with E-state index in [0.717, 1.165) is 5.56 Å². The second-order valence-electron chi connectivity index (χ2n) is 6.74. The number of ether oxygens (including phenoxy) is 1. The number of nitrogens with zero attached hydrogens (tertiary/aromatic N) is 3. The average molecular weight is 411 g/mol. The van der Waals surface area contributed by atoms with Crippen LogP contribution in [0.1, 0.15) is 17.0 Å². The van der Waals surface area contributed by atoms with Gasteiger partial charge in [0, 0.05) is 24.7 Å². The van der Waals surface area contributed by atoms with E-state index in [1.54, 1.807) is 30.3 Å². The number of benzene rings is 2. The van der Waals surface area contributed by atoms with Crippen LogP contribution in [-0.2, 0) is 14.8 Å². The first-order valence-corrected chi connectivity index (χ1v) is 10.7. The number of aryl methyl sites for hydroxylation is 1. The number of sulfonamides is 1. The van der Waals surface area contributed by atoms with Crippen LogP contribution in [-0.4, -0.2) is 49.2 Å². The van der Waals surface area contributed by atoms with E-state index in [0.29, 0.717) is 43.6 Å². The van der Waals surface area contributed by atoms with E-state index < -0.39 is 10.0 Å². The molecule has 29 heavy (non-hydrogen) atoms. The lowest BCUT2D eigenvalue weighted by molar-refractivity contribution is 0.0730. The number of morpholine rings is 1. The van der Waals surface area contributed by atoms with E-state index in [1.807, 2.05) is 37.3 Å². The molecule has 0 radical (unpaired) electrons. The van der Waals surface area contributed by atoms with Crippen LogP contribution in [0.4, 0.5) is 0 Å². The van der Waals surface area contributed by atoms with Crippen molar-refractivity contribution in [1.29, 1.82) is 0 Å². The Hall–Kier alpha value is -2.81. The summed E-state index contributed by atoms with van der Waals surface area (Å²) in [5.41, 5.74) is 2.92. The van der Waals surface area contributed by atoms with Crippen molar-refractivity contribution in [3.8, 4) is 11.4 Å². The molecule has 0 N–H and O–H groups in total. The van der Waals surface area contributed by atoms with Gasteiger partial charge in [-0.25, -0.2) is 8.42 Å². The van der Waals surface area contributed by atoms with E-state index >= 15 is 0 Å². The van der Waals surface area contributed by atoms with Gasteiger partial charge >= 0.3 is 0 Å². The van der Waals surface area contributed by atoms with Crippen molar-refractivity contribution < 1.29 is 17.7 Å². The van der Waals surface area contributed by atoms with Gasteiger partial charge in [0.15, 0.2) is 0 Å². The van der Waals surface area contributed by atoms with E-state index in [-0.39, 0.29) is 4.90 Å². The molecule has 1 saturated heterocycles. The van der Waals surface area contributed by atoms with Crippen LogP contribution in [0.2, 0.25) is 0 Å². The van der Waals surface area contributed by atoms with Gasteiger partial charge in [-0.3, -0.25) is 0 Å². The highest BCUT2D eigenvalue weighted by molar-refractivity contribution is 7.89. The zero-order valence-corrected chi connectivity index (χ0v) is 16.8. The first kappa shape index (κ1) is 19.5. The predicted molar refractivity (Wildman–Crippen MR) is 109 cm³/mol. The van der Waals surface area contributed by atoms with Crippen LogP contribution in [0.5, 0.6) is 0 Å². The Morgan fingerprint density at radius 2 is 1.66 bits per heavy atom. The predicted octanol–water partition coefficient (Wildman–Crippen LogP) is 3.24. The number of rotatable bonds is 5. The first-order chi connectivity index (χ1) is 14.0. The molecule has 0 spiro atoms. The Kier molecular flexibility index (Phi) is 5.57. The van der Waals surface area contributed by atoms with Crippen LogP contribution in [0, 0.1) is 6.92 Å². The molecule has 0 bridgehead atoms. The molecule has 150 valence electrons. The number of aromatic nitrogens is 2. The van der Waals surface area contributed by atoms with Gasteiger partial charge in [0.2, 0.25) is 15.8 Å². The van der Waals surface area contributed by atoms with Crippen LogP contribution in [0.15, 0.2) is 57.9 Å². The zero-order valence-electron chi connectivity index (χ0n) is 16.0. The van der Waals surface area contributed by atoms with Crippen LogP contribution < -0.4 is 0 Å². The fourth-order valence-electron chi connectivity index (χ4n) is 2.98. The third kappa shape index (κ3) is 4.45. The average Bonchev–Trinajstić information content (AvgIpc) is 3.23. The zero-order chi connectivity index (χ0) is 20.3. The molecule has 0 aliphatic carbocycles. The van der Waals surface area contributed by atoms with Gasteiger partial charge in [-0.2, -0.15) is 9.29 Å². The maximum atomic E-state index is 12.7. The lowest BCUT2D eigenvalue weighted by Gasteiger charge is -2.26. The normalized spacial score (nSPS) is 15.8. The summed E-state index contributed by atoms with van der Waals surface area (Å²) in [5, 5.41) is 3.98. The summed E-state index contributed by atoms with van der Waals surface area (Å²) in [7, 11) is -3.52. The quantitative estimate of drug-likeness (QED) is 0.641. The van der Waals surface area contributed by atoms with Crippen molar-refractivity contribution in [3.63, 3.8) is 0 Å². The summed E-state index contributed by atoms with van der Waals surface area (Å²) < 4.78 is 37.3. The molecular formula is C21H21N3O4S. The summed E-state index contributed by atoms with van der Waals surface area (Å²) in [6.07, 6.45) is 3.65. The third-order valence-corrected chi connectivity index (χ3v) is 6.57. The minimum absolute atomic E-state index is 0.242. The summed E-state index contributed by atoms with van der Waals surface area (Å²) >= 11 is 0. The van der Waals surface area contributed by atoms with Crippen LogP contribution in [0.25, 0.3) is 23.5 Å². The van der Waals surface area contributed by atoms with Crippen molar-refractivity contribution in [2.24, 2.45) is 0 Å². The van der Waals surface area contributed by atoms with Crippen molar-refractivity contribution in [1.82, 2.24) is 14.4 Å². The third-order valence-electron chi connectivity index (χ3n) is 4.66. The highest BCUT2D eigenvalue weighted by Gasteiger charge is 2.26. The van der Waals surface area contributed by atoms with Gasteiger partial charge in [0.25, 0.3) is 5.89 Å². The fraction of sp³-hybridized carbons (Fsp3) is 0.238. The van der Waals surface area contributed by atoms with Crippen molar-refractivity contribution in [2.45, 2.75) is 11.8 Å². The largest absolute Gasteiger partial charge is 0.379 e. The van der Waals surface area contributed by atoms with Gasteiger partial charge in [-0.15, -0.1) is 0 Å². The van der Waals surface area contributed by atoms with Gasteiger partial charge in [-0.1, -0.05) is 35.0 Å². The highest BCUT2D eigenvalue weighted by atomic mass is 32.2. The maximum absolute atomic E-state index is 12.7. The van der Waals surface area contributed by atoms with E-state index in [2.05, 4.69) is 10.1 Å². The van der Waals surface area contributed by atoms with E-state index in [9.17, 15) is 8.42 Å². The molecule has 3 aromatic rings. The molecule has 4 rings (SSSR count). The van der Waals surface area contributed by atoms with E-state index in [4.69, 9.17) is 9.26 Å². The molecule has 0 amide bonds. The minimum atomic E-state index is -3.52. The topological polar surface area (TPSA) is 85.5 Å². The molecule has 1 aliphatic rings. The Morgan fingerprint density at radius 3 is 2.34 bits per heavy atom. The van der Waals surface area contributed by atoms with Gasteiger partial charge in [0.1, 0.15) is 0 Å². The van der Waals surface area contributed by atoms with Gasteiger partial charge < -0.3 is 9.26 Å². The molecule has 1 aliphatic heterocycles. The van der Waals surface area contributed by atoms with Crippen molar-refractivity contribution >= 4 is 22.2 Å². The summed E-state index contributed by atoms with van der Waals surface area (Å²) in [4.78, 5) is 4.60. The Balaban J connectivity index is 1.49. The number of hydrogen-bond acceptors (Lipinski definition) is 6. The second kappa shape index (κ2) is 8.28. The molecular weight excluding hydrogens is 390 g/mol. The Morgan fingerprint density at radius 1 is 0.966 bits per heavy atom. The van der Waals surface area contributed by atoms with Crippen LogP contribution in [0.3, 0.4) is 0 Å². The fourth-order valence-corrected chi connectivity index (χ4v) is 4.39. The SMILES string of the molecule is Cc1ccc(/C=C/c2nc(-c3ccc(S(=O)(=O)N4CCOCC4)cc3)no2)cc1. The van der Waals surface area contributed by atoms with Crippen molar-refractivity contribution in [2.75, 3.05) is 26.3 Å². The molecule has 1 fully saturated rings. The molecule has 1 aromatic heterocycles. The molecule has 7 nitrogen and oxygen atoms in total. The first-order valence-electron chi connectivity index (χ1n) is 9.29. The van der Waals surface area contributed by atoms with Gasteiger partial charge in [0.05, 0.1) is 18.1 Å². The van der Waals surface area contributed by atoms with E-state index in [1.165, 1.54) is 9.87 Å². The smallest absolute Gasteiger partial charge is 0.250 e. The summed E-state index contributed by atoms with van der Waals surface area (Å²) in [6.45, 7) is 3.60. The standard InChI is InChI=1S/C21H21N3O4S/c1-16-2-4-17(5-3-16)6-11-20-22-21(23-28-20)18-7-9-19(10-8-18)29(25,26)24-12-14-27-15-13-24/h2-11H,12-15H2,1H3/b11-6+. The molecule has 0 atom stereocenters. The molecule has 8 heteroatoms. The molecule has 2 aromatic carbocycles. The van der Waals surface area contributed by atoms with Gasteiger partial charge in [-0.05, 0) is 42.8 Å². The second-order valence-corrected chi connectivity index (χ2v) is 8.68. The molecule has 2 heterocycles. The summed E-state index contributed by atoms with van der Waals surface area (Å²) in [6, 6.07) is 14.6. The minimum Gasteiger partial charge on any atom is -0.379 e. The highest BCUT2D eigenvalue weighted by Crippen LogP contribution is 2.22. The maximum Gasteiger partial charge on any atom is 0.250 e. The summed E-state index contributed by atoms with van der Waals surface area (Å²) in [5.74, 6) is 0.787. The van der Waals surface area contributed by atoms with Crippen LogP contribution >= 0.6 is 0 Å². The lowest BCUT2D eigenvalue weighted by atomic mass is 10.1. The lowest BCUT2D eigenvalue weighted by Crippen LogP contribution is -2.40. The monoisotopic (exact) mass is 411 g/mol. The molecule has 0 unspecified atom stereocenters. The van der Waals surface area contributed by atoms with Crippen molar-refractivity contribution in [3.05, 3.63) is 65.5 Å².